The van der Waals surface area contributed by atoms with E-state index in [1.807, 2.05) is 19.1 Å². The summed E-state index contributed by atoms with van der Waals surface area (Å²) >= 11 is 6.15. The molecule has 170 valence electrons. The van der Waals surface area contributed by atoms with Crippen LogP contribution in [0.15, 0.2) is 82.6 Å². The number of benzene rings is 2. The maximum absolute atomic E-state index is 13.7. The van der Waals surface area contributed by atoms with E-state index in [1.54, 1.807) is 48.7 Å². The van der Waals surface area contributed by atoms with Crippen molar-refractivity contribution in [3.05, 3.63) is 100 Å². The third-order valence-electron chi connectivity index (χ3n) is 5.69. The number of furan rings is 1. The molecule has 0 bridgehead atoms. The highest BCUT2D eigenvalue weighted by Crippen LogP contribution is 2.42. The highest BCUT2D eigenvalue weighted by molar-refractivity contribution is 6.31. The Kier molecular flexibility index (Phi) is 5.34. The molecular formula is C26H19ClN2O5. The molecule has 1 amide bonds. The molecule has 2 aromatic heterocycles. The first kappa shape index (κ1) is 21.7. The molecule has 0 aliphatic carbocycles. The van der Waals surface area contributed by atoms with Crippen molar-refractivity contribution >= 4 is 39.9 Å². The lowest BCUT2D eigenvalue weighted by molar-refractivity contribution is -0.117. The van der Waals surface area contributed by atoms with Crippen LogP contribution in [0.1, 0.15) is 27.9 Å². The summed E-state index contributed by atoms with van der Waals surface area (Å²) in [4.78, 5) is 32.7. The Labute approximate surface area is 199 Å². The van der Waals surface area contributed by atoms with Gasteiger partial charge in [-0.3, -0.25) is 19.5 Å². The fraction of sp³-hybridized carbons (Fsp3) is 0.115. The molecule has 0 radical (unpaired) electrons. The fourth-order valence-electron chi connectivity index (χ4n) is 4.18. The Morgan fingerprint density at radius 3 is 2.68 bits per heavy atom. The van der Waals surface area contributed by atoms with Crippen molar-refractivity contribution in [1.29, 1.82) is 0 Å². The number of aliphatic hydroxyl groups is 1. The molecule has 0 saturated carbocycles. The van der Waals surface area contributed by atoms with Gasteiger partial charge in [0.15, 0.2) is 22.9 Å². The molecular weight excluding hydrogens is 456 g/mol. The third kappa shape index (κ3) is 3.50. The average Bonchev–Trinajstić information content (AvgIpc) is 3.37. The van der Waals surface area contributed by atoms with E-state index >= 15 is 0 Å². The summed E-state index contributed by atoms with van der Waals surface area (Å²) in [5.41, 5.74) is 2.11. The number of amides is 1. The minimum atomic E-state index is -0.943. The van der Waals surface area contributed by atoms with E-state index in [1.165, 1.54) is 18.1 Å². The van der Waals surface area contributed by atoms with Gasteiger partial charge in [-0.2, -0.15) is 0 Å². The quantitative estimate of drug-likeness (QED) is 0.379. The predicted octanol–water partition coefficient (Wildman–Crippen LogP) is 5.58. The van der Waals surface area contributed by atoms with Gasteiger partial charge in [0, 0.05) is 28.4 Å². The van der Waals surface area contributed by atoms with Crippen LogP contribution in [0.4, 0.5) is 5.69 Å². The fourth-order valence-corrected chi connectivity index (χ4v) is 4.40. The van der Waals surface area contributed by atoms with Gasteiger partial charge in [0.2, 0.25) is 5.78 Å². The van der Waals surface area contributed by atoms with Gasteiger partial charge >= 0.3 is 0 Å². The minimum absolute atomic E-state index is 0.0584. The highest BCUT2D eigenvalue weighted by atomic mass is 35.5. The van der Waals surface area contributed by atoms with E-state index in [-0.39, 0.29) is 11.3 Å². The molecule has 0 saturated heterocycles. The summed E-state index contributed by atoms with van der Waals surface area (Å²) < 4.78 is 11.1. The molecule has 0 fully saturated rings. The molecule has 8 heteroatoms. The Bertz CT molecular complexity index is 1480. The monoisotopic (exact) mass is 474 g/mol. The zero-order valence-electron chi connectivity index (χ0n) is 18.3. The third-order valence-corrected chi connectivity index (χ3v) is 5.91. The van der Waals surface area contributed by atoms with E-state index in [4.69, 9.17) is 20.8 Å². The maximum Gasteiger partial charge on any atom is 0.294 e. The molecule has 7 nitrogen and oxygen atoms in total. The lowest BCUT2D eigenvalue weighted by Crippen LogP contribution is -2.31. The summed E-state index contributed by atoms with van der Waals surface area (Å²) in [7, 11) is 1.47. The molecule has 3 heterocycles. The number of ether oxygens (including phenoxy) is 1. The Morgan fingerprint density at radius 2 is 1.97 bits per heavy atom. The Hall–Kier alpha value is -4.10. The summed E-state index contributed by atoms with van der Waals surface area (Å²) in [5.74, 6) is -1.66. The van der Waals surface area contributed by atoms with Crippen molar-refractivity contribution in [2.45, 2.75) is 13.0 Å². The van der Waals surface area contributed by atoms with Gasteiger partial charge in [-0.15, -0.1) is 0 Å². The molecule has 1 unspecified atom stereocenters. The van der Waals surface area contributed by atoms with Crippen molar-refractivity contribution in [2.24, 2.45) is 0 Å². The van der Waals surface area contributed by atoms with E-state index in [0.29, 0.717) is 33.1 Å². The number of carbonyl (C=O) groups excluding carboxylic acids is 2. The van der Waals surface area contributed by atoms with Gasteiger partial charge in [-0.05, 0) is 48.9 Å². The number of Topliss-reactive ketones (excluding diaryl/α,β-unsaturated/α-hetero) is 1. The molecule has 5 rings (SSSR count). The minimum Gasteiger partial charge on any atom is -0.503 e. The number of nitrogens with zero attached hydrogens (tertiary/aromatic N) is 2. The number of anilines is 1. The van der Waals surface area contributed by atoms with E-state index in [0.717, 1.165) is 5.56 Å². The van der Waals surface area contributed by atoms with Crippen molar-refractivity contribution < 1.29 is 23.8 Å². The topological polar surface area (TPSA) is 92.9 Å². The zero-order valence-corrected chi connectivity index (χ0v) is 19.0. The first-order valence-electron chi connectivity index (χ1n) is 10.4. The first-order valence-corrected chi connectivity index (χ1v) is 10.8. The molecule has 1 aliphatic rings. The number of carbonyl (C=O) groups is 2. The van der Waals surface area contributed by atoms with Crippen LogP contribution in [0.25, 0.3) is 11.0 Å². The molecule has 1 atom stereocenters. The highest BCUT2D eigenvalue weighted by Gasteiger charge is 2.46. The van der Waals surface area contributed by atoms with Crippen LogP contribution in [0.2, 0.25) is 5.02 Å². The number of fused-ring (bicyclic) bond motifs is 1. The number of aryl methyl sites for hydroxylation is 1. The van der Waals surface area contributed by atoms with Crippen molar-refractivity contribution in [1.82, 2.24) is 4.98 Å². The Morgan fingerprint density at radius 1 is 1.15 bits per heavy atom. The summed E-state index contributed by atoms with van der Waals surface area (Å²) in [6, 6.07) is 16.2. The number of ketones is 1. The SMILES string of the molecule is COc1cc(Cl)cc2cc(C(=O)C3=C(O)C(=O)N(c4cccc(C)c4)C3c3ccccn3)oc12. The predicted molar refractivity (Wildman–Crippen MR) is 127 cm³/mol. The molecule has 1 aliphatic heterocycles. The number of rotatable bonds is 5. The first-order chi connectivity index (χ1) is 16.4. The summed E-state index contributed by atoms with van der Waals surface area (Å²) in [6.07, 6.45) is 1.57. The van der Waals surface area contributed by atoms with E-state index in [9.17, 15) is 14.7 Å². The van der Waals surface area contributed by atoms with Crippen LogP contribution < -0.4 is 9.64 Å². The molecule has 34 heavy (non-hydrogen) atoms. The number of hydrogen-bond donors (Lipinski definition) is 1. The van der Waals surface area contributed by atoms with E-state index in [2.05, 4.69) is 4.98 Å². The second kappa shape index (κ2) is 8.35. The number of hydrogen-bond acceptors (Lipinski definition) is 6. The molecule has 0 spiro atoms. The molecule has 2 aromatic carbocycles. The number of methoxy groups -OCH3 is 1. The lowest BCUT2D eigenvalue weighted by atomic mass is 9.98. The second-order valence-corrected chi connectivity index (χ2v) is 8.34. The van der Waals surface area contributed by atoms with Crippen LogP contribution in [-0.4, -0.2) is 28.9 Å². The smallest absolute Gasteiger partial charge is 0.294 e. The van der Waals surface area contributed by atoms with Gasteiger partial charge in [0.25, 0.3) is 5.91 Å². The Balaban J connectivity index is 1.66. The van der Waals surface area contributed by atoms with Crippen molar-refractivity contribution in [3.8, 4) is 5.75 Å². The van der Waals surface area contributed by atoms with E-state index < -0.39 is 23.5 Å². The number of aliphatic hydroxyl groups excluding tert-OH is 1. The van der Waals surface area contributed by atoms with Gasteiger partial charge in [0.1, 0.15) is 6.04 Å². The van der Waals surface area contributed by atoms with Crippen LogP contribution in [-0.2, 0) is 4.79 Å². The van der Waals surface area contributed by atoms with Gasteiger partial charge in [0.05, 0.1) is 18.4 Å². The average molecular weight is 475 g/mol. The van der Waals surface area contributed by atoms with Crippen LogP contribution in [0.3, 0.4) is 0 Å². The maximum atomic E-state index is 13.7. The van der Waals surface area contributed by atoms with Gasteiger partial charge < -0.3 is 14.3 Å². The summed E-state index contributed by atoms with van der Waals surface area (Å²) in [5, 5.41) is 11.9. The summed E-state index contributed by atoms with van der Waals surface area (Å²) in [6.45, 7) is 1.89. The van der Waals surface area contributed by atoms with Crippen LogP contribution >= 0.6 is 11.6 Å². The molecule has 1 N–H and O–H groups in total. The number of pyridine rings is 1. The number of aromatic nitrogens is 1. The van der Waals surface area contributed by atoms with Gasteiger partial charge in [-0.25, -0.2) is 0 Å². The number of halogens is 1. The van der Waals surface area contributed by atoms with Crippen molar-refractivity contribution in [2.75, 3.05) is 12.0 Å². The van der Waals surface area contributed by atoms with Crippen LogP contribution in [0.5, 0.6) is 5.75 Å². The molecule has 4 aromatic rings. The van der Waals surface area contributed by atoms with Gasteiger partial charge in [-0.1, -0.05) is 29.8 Å². The largest absolute Gasteiger partial charge is 0.503 e. The van der Waals surface area contributed by atoms with Crippen molar-refractivity contribution in [3.63, 3.8) is 0 Å². The second-order valence-electron chi connectivity index (χ2n) is 7.90. The normalized spacial score (nSPS) is 15.9. The zero-order chi connectivity index (χ0) is 24.0. The lowest BCUT2D eigenvalue weighted by Gasteiger charge is -2.26. The van der Waals surface area contributed by atoms with Crippen LogP contribution in [0, 0.1) is 6.92 Å². The standard InChI is InChI=1S/C26H19ClN2O5/c1-14-6-5-7-17(10-14)29-22(18-8-3-4-9-28-18)21(24(31)26(29)32)23(30)19-12-15-11-16(27)13-20(33-2)25(15)34-19/h3-13,22,31H,1-2H3.